The molecule has 0 radical (unpaired) electrons. The summed E-state index contributed by atoms with van der Waals surface area (Å²) in [5, 5.41) is 91.2. The highest BCUT2D eigenvalue weighted by molar-refractivity contribution is 5.88. The second-order valence-corrected chi connectivity index (χ2v) is 9.79. The second-order valence-electron chi connectivity index (χ2n) is 9.79. The van der Waals surface area contributed by atoms with Crippen LogP contribution in [0.4, 0.5) is 0 Å². The molecule has 2 aliphatic heterocycles. The van der Waals surface area contributed by atoms with Gasteiger partial charge < -0.3 is 69.3 Å². The molecule has 15 nitrogen and oxygen atoms in total. The largest absolute Gasteiger partial charge is 0.508 e. The van der Waals surface area contributed by atoms with Gasteiger partial charge in [0.25, 0.3) is 0 Å². The van der Waals surface area contributed by atoms with Crippen LogP contribution in [0.15, 0.2) is 39.5 Å². The highest BCUT2D eigenvalue weighted by Crippen LogP contribution is 2.39. The zero-order valence-corrected chi connectivity index (χ0v) is 21.3. The van der Waals surface area contributed by atoms with Gasteiger partial charge in [-0.15, -0.1) is 0 Å². The predicted octanol–water partition coefficient (Wildman–Crippen LogP) is -1.05. The van der Waals surface area contributed by atoms with Crippen molar-refractivity contribution in [3.05, 3.63) is 40.6 Å². The SMILES string of the molecule is CC1OC(OC2C(Oc3c(-c4ccc(O)c(O)c4)oc4cc(O)cc(O)c4c3=O)OCC(O)C2O)C(O)C(O)C1O. The molecule has 222 valence electrons. The lowest BCUT2D eigenvalue weighted by atomic mass is 9.99. The Balaban J connectivity index is 1.59. The molecule has 15 heteroatoms. The summed E-state index contributed by atoms with van der Waals surface area (Å²) in [4.78, 5) is 13.6. The normalized spacial score (nSPS) is 32.2. The molecule has 0 saturated carbocycles. The molecule has 9 atom stereocenters. The summed E-state index contributed by atoms with van der Waals surface area (Å²) < 4.78 is 28.2. The van der Waals surface area contributed by atoms with Gasteiger partial charge >= 0.3 is 0 Å². The summed E-state index contributed by atoms with van der Waals surface area (Å²) in [5.74, 6) is -3.14. The van der Waals surface area contributed by atoms with Gasteiger partial charge in [-0.2, -0.15) is 0 Å². The van der Waals surface area contributed by atoms with Crippen LogP contribution in [-0.2, 0) is 14.2 Å². The van der Waals surface area contributed by atoms with Gasteiger partial charge in [-0.05, 0) is 25.1 Å². The highest BCUT2D eigenvalue weighted by atomic mass is 16.8. The number of benzene rings is 2. The predicted molar refractivity (Wildman–Crippen MR) is 134 cm³/mol. The van der Waals surface area contributed by atoms with E-state index in [4.69, 9.17) is 23.4 Å². The van der Waals surface area contributed by atoms with E-state index in [0.717, 1.165) is 24.3 Å². The zero-order valence-electron chi connectivity index (χ0n) is 21.3. The number of hydrogen-bond acceptors (Lipinski definition) is 15. The van der Waals surface area contributed by atoms with Gasteiger partial charge in [0.2, 0.25) is 17.5 Å². The minimum absolute atomic E-state index is 0.00274. The molecule has 0 amide bonds. The van der Waals surface area contributed by atoms with E-state index in [9.17, 15) is 50.8 Å². The summed E-state index contributed by atoms with van der Waals surface area (Å²) in [6, 6.07) is 5.36. The Morgan fingerprint density at radius 2 is 1.56 bits per heavy atom. The molecule has 3 aromatic rings. The molecule has 2 saturated heterocycles. The Morgan fingerprint density at radius 1 is 0.829 bits per heavy atom. The van der Waals surface area contributed by atoms with E-state index in [0.29, 0.717) is 0 Å². The molecule has 5 rings (SSSR count). The number of rotatable bonds is 5. The Hall–Kier alpha value is -3.67. The summed E-state index contributed by atoms with van der Waals surface area (Å²) >= 11 is 0. The molecule has 0 bridgehead atoms. The van der Waals surface area contributed by atoms with Crippen molar-refractivity contribution in [2.75, 3.05) is 6.61 Å². The van der Waals surface area contributed by atoms with Crippen LogP contribution in [-0.4, -0.2) is 108 Å². The number of aliphatic hydroxyl groups is 5. The van der Waals surface area contributed by atoms with Crippen molar-refractivity contribution < 1.29 is 69.3 Å². The van der Waals surface area contributed by atoms with Crippen LogP contribution in [0.2, 0.25) is 0 Å². The standard InChI is InChI=1S/C26H28O15/c1-8-17(32)20(35)21(36)25(38-8)41-24-18(33)14(31)7-37-26(24)40-23-19(34)16-13(30)5-10(27)6-15(16)39-22(23)9-2-3-11(28)12(29)4-9/h2-6,8,14,17-18,20-21,24-33,35-36H,7H2,1H3. The number of phenolic OH excluding ortho intramolecular Hbond substituents is 4. The quantitative estimate of drug-likeness (QED) is 0.163. The molecule has 3 heterocycles. The van der Waals surface area contributed by atoms with E-state index in [1.165, 1.54) is 13.0 Å². The molecule has 9 unspecified atom stereocenters. The fourth-order valence-corrected chi connectivity index (χ4v) is 4.64. The summed E-state index contributed by atoms with van der Waals surface area (Å²) in [6.07, 6.45) is -14.2. The first kappa shape index (κ1) is 28.8. The monoisotopic (exact) mass is 580 g/mol. The maximum Gasteiger partial charge on any atom is 0.239 e. The topological polar surface area (TPSA) is 249 Å². The van der Waals surface area contributed by atoms with E-state index in [1.807, 2.05) is 0 Å². The lowest BCUT2D eigenvalue weighted by molar-refractivity contribution is -0.344. The second kappa shape index (κ2) is 11.0. The summed E-state index contributed by atoms with van der Waals surface area (Å²) in [6.45, 7) is 0.904. The molecule has 0 aliphatic carbocycles. The van der Waals surface area contributed by atoms with Gasteiger partial charge in [-0.25, -0.2) is 0 Å². The number of aromatic hydroxyl groups is 4. The number of fused-ring (bicyclic) bond motifs is 1. The molecule has 9 N–H and O–H groups in total. The zero-order chi connectivity index (χ0) is 29.7. The Kier molecular flexibility index (Phi) is 7.71. The van der Waals surface area contributed by atoms with Crippen LogP contribution < -0.4 is 10.2 Å². The van der Waals surface area contributed by atoms with Gasteiger partial charge in [0.1, 0.15) is 53.0 Å². The van der Waals surface area contributed by atoms with Crippen LogP contribution in [0.3, 0.4) is 0 Å². The van der Waals surface area contributed by atoms with E-state index >= 15 is 0 Å². The van der Waals surface area contributed by atoms with Crippen molar-refractivity contribution in [1.82, 2.24) is 0 Å². The first-order valence-electron chi connectivity index (χ1n) is 12.4. The molecule has 0 spiro atoms. The highest BCUT2D eigenvalue weighted by Gasteiger charge is 2.48. The Labute approximate surface area is 230 Å². The van der Waals surface area contributed by atoms with Crippen molar-refractivity contribution in [1.29, 1.82) is 0 Å². The number of ether oxygens (including phenoxy) is 4. The average molecular weight is 580 g/mol. The summed E-state index contributed by atoms with van der Waals surface area (Å²) in [7, 11) is 0. The number of aliphatic hydroxyl groups excluding tert-OH is 5. The van der Waals surface area contributed by atoms with Gasteiger partial charge in [-0.3, -0.25) is 4.79 Å². The average Bonchev–Trinajstić information content (AvgIpc) is 2.92. The van der Waals surface area contributed by atoms with Crippen LogP contribution in [0.25, 0.3) is 22.3 Å². The third-order valence-corrected chi connectivity index (χ3v) is 6.92. The van der Waals surface area contributed by atoms with E-state index in [1.54, 1.807) is 0 Å². The van der Waals surface area contributed by atoms with Gasteiger partial charge in [0.15, 0.2) is 29.7 Å². The van der Waals surface area contributed by atoms with Crippen LogP contribution in [0.5, 0.6) is 28.7 Å². The molecule has 2 aromatic carbocycles. The van der Waals surface area contributed by atoms with E-state index < -0.39 is 101 Å². The van der Waals surface area contributed by atoms with Crippen molar-refractivity contribution in [2.24, 2.45) is 0 Å². The third-order valence-electron chi connectivity index (χ3n) is 6.92. The maximum atomic E-state index is 13.6. The molecule has 2 aliphatic rings. The first-order chi connectivity index (χ1) is 19.4. The van der Waals surface area contributed by atoms with Crippen molar-refractivity contribution in [3.8, 4) is 40.1 Å². The van der Waals surface area contributed by atoms with Crippen molar-refractivity contribution in [2.45, 2.75) is 62.2 Å². The molecule has 41 heavy (non-hydrogen) atoms. The molecule has 2 fully saturated rings. The van der Waals surface area contributed by atoms with Crippen LogP contribution in [0.1, 0.15) is 6.92 Å². The summed E-state index contributed by atoms with van der Waals surface area (Å²) in [5.41, 5.74) is -1.24. The molecular weight excluding hydrogens is 552 g/mol. The fraction of sp³-hybridized carbons (Fsp3) is 0.423. The Morgan fingerprint density at radius 3 is 2.27 bits per heavy atom. The fourth-order valence-electron chi connectivity index (χ4n) is 4.64. The molecular formula is C26H28O15. The van der Waals surface area contributed by atoms with Crippen LogP contribution >= 0.6 is 0 Å². The first-order valence-corrected chi connectivity index (χ1v) is 12.4. The molecule has 1 aromatic heterocycles. The third kappa shape index (κ3) is 5.25. The number of phenols is 4. The van der Waals surface area contributed by atoms with Gasteiger partial charge in [0.05, 0.1) is 12.7 Å². The lowest BCUT2D eigenvalue weighted by Gasteiger charge is -2.43. The lowest BCUT2D eigenvalue weighted by Crippen LogP contribution is -2.62. The van der Waals surface area contributed by atoms with Gasteiger partial charge in [0, 0.05) is 17.7 Å². The minimum atomic E-state index is -1.79. The smallest absolute Gasteiger partial charge is 0.239 e. The number of hydrogen-bond donors (Lipinski definition) is 9. The van der Waals surface area contributed by atoms with E-state index in [-0.39, 0.29) is 16.9 Å². The van der Waals surface area contributed by atoms with Crippen molar-refractivity contribution in [3.63, 3.8) is 0 Å². The maximum absolute atomic E-state index is 13.6. The minimum Gasteiger partial charge on any atom is -0.508 e. The van der Waals surface area contributed by atoms with Crippen molar-refractivity contribution >= 4 is 11.0 Å². The Bertz CT molecular complexity index is 1490. The van der Waals surface area contributed by atoms with Crippen LogP contribution in [0, 0.1) is 0 Å². The van der Waals surface area contributed by atoms with E-state index in [2.05, 4.69) is 0 Å². The van der Waals surface area contributed by atoms with Gasteiger partial charge in [-0.1, -0.05) is 0 Å².